The van der Waals surface area contributed by atoms with E-state index < -0.39 is 0 Å². The van der Waals surface area contributed by atoms with Gasteiger partial charge >= 0.3 is 0 Å². The average molecular weight is 347 g/mol. The van der Waals surface area contributed by atoms with Crippen LogP contribution in [0.15, 0.2) is 60.1 Å². The van der Waals surface area contributed by atoms with Crippen LogP contribution in [0.5, 0.6) is 0 Å². The van der Waals surface area contributed by atoms with E-state index in [0.29, 0.717) is 6.42 Å². The molecule has 2 aromatic carbocycles. The summed E-state index contributed by atoms with van der Waals surface area (Å²) in [6, 6.07) is 15.8. The number of H-pyrrole nitrogens is 1. The van der Waals surface area contributed by atoms with Gasteiger partial charge in [-0.2, -0.15) is 0 Å². The third-order valence-corrected chi connectivity index (χ3v) is 4.90. The van der Waals surface area contributed by atoms with E-state index in [0.717, 1.165) is 38.4 Å². The molecule has 0 aliphatic carbocycles. The van der Waals surface area contributed by atoms with Gasteiger partial charge in [0.2, 0.25) is 5.91 Å². The predicted octanol–water partition coefficient (Wildman–Crippen LogP) is 4.78. The Morgan fingerprint density at radius 2 is 1.96 bits per heavy atom. The summed E-state index contributed by atoms with van der Waals surface area (Å²) in [4.78, 5) is 20.3. The van der Waals surface area contributed by atoms with Gasteiger partial charge in [0.15, 0.2) is 0 Å². The zero-order valence-corrected chi connectivity index (χ0v) is 14.6. The van der Waals surface area contributed by atoms with Crippen molar-refractivity contribution in [3.63, 3.8) is 0 Å². The molecule has 0 spiro atoms. The maximum atomic E-state index is 12.6. The largest absolute Gasteiger partial charge is 0.361 e. The van der Waals surface area contributed by atoms with Crippen molar-refractivity contribution in [3.05, 3.63) is 70.7 Å². The van der Waals surface area contributed by atoms with Gasteiger partial charge in [-0.25, -0.2) is 4.98 Å². The lowest BCUT2D eigenvalue weighted by molar-refractivity contribution is -0.115. The molecule has 4 aromatic rings. The van der Waals surface area contributed by atoms with Crippen LogP contribution in [0.3, 0.4) is 0 Å². The number of nitrogens with one attached hydrogen (secondary N) is 2. The van der Waals surface area contributed by atoms with Gasteiger partial charge in [0.05, 0.1) is 22.8 Å². The molecule has 0 radical (unpaired) electrons. The number of anilines is 1. The highest BCUT2D eigenvalue weighted by Gasteiger charge is 2.12. The molecule has 0 aliphatic rings. The van der Waals surface area contributed by atoms with Gasteiger partial charge in [-0.15, -0.1) is 11.3 Å². The first-order valence-electron chi connectivity index (χ1n) is 8.07. The van der Waals surface area contributed by atoms with Crippen molar-refractivity contribution in [3.8, 4) is 11.3 Å². The van der Waals surface area contributed by atoms with Crippen LogP contribution in [0, 0.1) is 6.92 Å². The summed E-state index contributed by atoms with van der Waals surface area (Å²) in [6.07, 6.45) is 2.23. The molecule has 1 amide bonds. The number of para-hydroxylation sites is 2. The number of aromatic amines is 1. The number of fused-ring (bicyclic) bond motifs is 1. The van der Waals surface area contributed by atoms with Crippen molar-refractivity contribution in [2.75, 3.05) is 5.32 Å². The van der Waals surface area contributed by atoms with E-state index in [1.165, 1.54) is 0 Å². The predicted molar refractivity (Wildman–Crippen MR) is 103 cm³/mol. The van der Waals surface area contributed by atoms with Gasteiger partial charge in [0.1, 0.15) is 0 Å². The Bertz CT molecular complexity index is 1050. The number of rotatable bonds is 4. The van der Waals surface area contributed by atoms with Gasteiger partial charge in [0, 0.05) is 28.0 Å². The lowest BCUT2D eigenvalue weighted by atomic mass is 10.1. The summed E-state index contributed by atoms with van der Waals surface area (Å²) < 4.78 is 0. The van der Waals surface area contributed by atoms with Crippen molar-refractivity contribution in [2.45, 2.75) is 13.3 Å². The number of thiazole rings is 1. The Morgan fingerprint density at radius 1 is 1.16 bits per heavy atom. The number of amides is 1. The Balaban J connectivity index is 1.57. The van der Waals surface area contributed by atoms with Gasteiger partial charge in [-0.1, -0.05) is 36.4 Å². The maximum absolute atomic E-state index is 12.6. The van der Waals surface area contributed by atoms with Gasteiger partial charge < -0.3 is 10.3 Å². The number of aromatic nitrogens is 2. The molecular formula is C20H17N3OS. The SMILES string of the molecule is Cc1nc(-c2ccccc2NC(=O)Cc2c[nH]c3ccccc23)cs1. The number of hydrogen-bond donors (Lipinski definition) is 2. The van der Waals surface area contributed by atoms with Crippen molar-refractivity contribution < 1.29 is 4.79 Å². The molecule has 0 saturated carbocycles. The fourth-order valence-electron chi connectivity index (χ4n) is 2.95. The van der Waals surface area contributed by atoms with Crippen molar-refractivity contribution >= 4 is 33.8 Å². The molecule has 0 bridgehead atoms. The molecule has 2 heterocycles. The summed E-state index contributed by atoms with van der Waals surface area (Å²) >= 11 is 1.60. The first kappa shape index (κ1) is 15.6. The van der Waals surface area contributed by atoms with Crippen molar-refractivity contribution in [2.24, 2.45) is 0 Å². The van der Waals surface area contributed by atoms with Crippen LogP contribution < -0.4 is 5.32 Å². The second kappa shape index (κ2) is 6.53. The zero-order valence-electron chi connectivity index (χ0n) is 13.7. The fourth-order valence-corrected chi connectivity index (χ4v) is 3.56. The summed E-state index contributed by atoms with van der Waals surface area (Å²) in [5, 5.41) is 7.14. The minimum absolute atomic E-state index is 0.0378. The van der Waals surface area contributed by atoms with Crippen LogP contribution in [0.4, 0.5) is 5.69 Å². The Hall–Kier alpha value is -2.92. The van der Waals surface area contributed by atoms with E-state index in [-0.39, 0.29) is 5.91 Å². The van der Waals surface area contributed by atoms with Crippen LogP contribution in [-0.2, 0) is 11.2 Å². The van der Waals surface area contributed by atoms with E-state index >= 15 is 0 Å². The molecule has 4 rings (SSSR count). The van der Waals surface area contributed by atoms with Crippen LogP contribution in [0.25, 0.3) is 22.2 Å². The van der Waals surface area contributed by atoms with Crippen LogP contribution in [-0.4, -0.2) is 15.9 Å². The van der Waals surface area contributed by atoms with E-state index in [4.69, 9.17) is 0 Å². The highest BCUT2D eigenvalue weighted by Crippen LogP contribution is 2.29. The first-order valence-corrected chi connectivity index (χ1v) is 8.95. The number of aryl methyl sites for hydroxylation is 1. The molecule has 0 saturated heterocycles. The number of hydrogen-bond acceptors (Lipinski definition) is 3. The van der Waals surface area contributed by atoms with E-state index in [9.17, 15) is 4.79 Å². The third-order valence-electron chi connectivity index (χ3n) is 4.12. The summed E-state index contributed by atoms with van der Waals surface area (Å²) in [6.45, 7) is 1.98. The molecule has 0 atom stereocenters. The van der Waals surface area contributed by atoms with Crippen LogP contribution >= 0.6 is 11.3 Å². The number of nitrogens with zero attached hydrogens (tertiary/aromatic N) is 1. The molecule has 4 nitrogen and oxygen atoms in total. The quantitative estimate of drug-likeness (QED) is 0.558. The standard InChI is InChI=1S/C20H17N3OS/c1-13-22-19(12-25-13)16-7-3-5-9-18(16)23-20(24)10-14-11-21-17-8-4-2-6-15(14)17/h2-9,11-12,21H,10H2,1H3,(H,23,24). The molecule has 5 heteroatoms. The Kier molecular flexibility index (Phi) is 4.07. The third kappa shape index (κ3) is 3.19. The maximum Gasteiger partial charge on any atom is 0.228 e. The van der Waals surface area contributed by atoms with Crippen LogP contribution in [0.1, 0.15) is 10.6 Å². The molecule has 0 fully saturated rings. The molecule has 2 N–H and O–H groups in total. The second-order valence-corrected chi connectivity index (χ2v) is 6.94. The van der Waals surface area contributed by atoms with E-state index in [1.807, 2.05) is 67.0 Å². The molecule has 124 valence electrons. The summed E-state index contributed by atoms with van der Waals surface area (Å²) in [7, 11) is 0. The highest BCUT2D eigenvalue weighted by atomic mass is 32.1. The monoisotopic (exact) mass is 347 g/mol. The summed E-state index contributed by atoms with van der Waals surface area (Å²) in [5.74, 6) is -0.0378. The highest BCUT2D eigenvalue weighted by molar-refractivity contribution is 7.09. The zero-order chi connectivity index (χ0) is 17.2. The number of carbonyl (C=O) groups excluding carboxylic acids is 1. The molecular weight excluding hydrogens is 330 g/mol. The smallest absolute Gasteiger partial charge is 0.228 e. The van der Waals surface area contributed by atoms with Gasteiger partial charge in [-0.05, 0) is 24.6 Å². The van der Waals surface area contributed by atoms with Gasteiger partial charge in [-0.3, -0.25) is 4.79 Å². The van der Waals surface area contributed by atoms with Crippen molar-refractivity contribution in [1.29, 1.82) is 0 Å². The lowest BCUT2D eigenvalue weighted by Gasteiger charge is -2.09. The molecule has 2 aromatic heterocycles. The topological polar surface area (TPSA) is 57.8 Å². The lowest BCUT2D eigenvalue weighted by Crippen LogP contribution is -2.14. The Labute approximate surface area is 149 Å². The molecule has 0 aliphatic heterocycles. The van der Waals surface area contributed by atoms with E-state index in [1.54, 1.807) is 11.3 Å². The minimum atomic E-state index is -0.0378. The van der Waals surface area contributed by atoms with Gasteiger partial charge in [0.25, 0.3) is 0 Å². The second-order valence-electron chi connectivity index (χ2n) is 5.88. The fraction of sp³-hybridized carbons (Fsp3) is 0.100. The molecule has 25 heavy (non-hydrogen) atoms. The average Bonchev–Trinajstić information content (AvgIpc) is 3.22. The Morgan fingerprint density at radius 3 is 2.80 bits per heavy atom. The normalized spacial score (nSPS) is 10.9. The van der Waals surface area contributed by atoms with Crippen LogP contribution in [0.2, 0.25) is 0 Å². The first-order chi connectivity index (χ1) is 12.2. The van der Waals surface area contributed by atoms with Crippen molar-refractivity contribution in [1.82, 2.24) is 9.97 Å². The molecule has 0 unspecified atom stereocenters. The number of benzene rings is 2. The number of carbonyl (C=O) groups is 1. The van der Waals surface area contributed by atoms with E-state index in [2.05, 4.69) is 15.3 Å². The summed E-state index contributed by atoms with van der Waals surface area (Å²) in [5.41, 5.74) is 4.67. The minimum Gasteiger partial charge on any atom is -0.361 e.